The Hall–Kier alpha value is -2.40. The zero-order chi connectivity index (χ0) is 26.0. The molecule has 4 atom stereocenters. The fraction of sp³-hybridized carbons (Fsp3) is 0.625. The molecule has 0 saturated carbocycles. The lowest BCUT2D eigenvalue weighted by Gasteiger charge is -2.35. The highest BCUT2D eigenvalue weighted by molar-refractivity contribution is 5.46. The van der Waals surface area contributed by atoms with Gasteiger partial charge < -0.3 is 23.7 Å². The van der Waals surface area contributed by atoms with E-state index < -0.39 is 0 Å². The first-order valence-electron chi connectivity index (χ1n) is 14.6. The van der Waals surface area contributed by atoms with E-state index in [4.69, 9.17) is 23.7 Å². The first-order valence-corrected chi connectivity index (χ1v) is 14.6. The molecule has 204 valence electrons. The molecular formula is C32H46O5. The Morgan fingerprint density at radius 1 is 0.595 bits per heavy atom. The van der Waals surface area contributed by atoms with Crippen LogP contribution in [0.25, 0.3) is 0 Å². The molecular weight excluding hydrogens is 464 g/mol. The summed E-state index contributed by atoms with van der Waals surface area (Å²) in [6.45, 7) is 9.71. The number of hydrogen-bond donors (Lipinski definition) is 0. The maximum Gasteiger partial charge on any atom is 0.231 e. The average Bonchev–Trinajstić information content (AvgIpc) is 3.59. The zero-order valence-corrected chi connectivity index (χ0v) is 23.3. The molecule has 37 heavy (non-hydrogen) atoms. The maximum atomic E-state index is 7.32. The molecule has 0 amide bonds. The third-order valence-electron chi connectivity index (χ3n) is 8.01. The summed E-state index contributed by atoms with van der Waals surface area (Å²) in [6.07, 6.45) is 11.8. The van der Waals surface area contributed by atoms with Crippen LogP contribution < -0.4 is 18.9 Å². The van der Waals surface area contributed by atoms with E-state index in [0.717, 1.165) is 48.7 Å². The van der Waals surface area contributed by atoms with Gasteiger partial charge in [-0.3, -0.25) is 0 Å². The summed E-state index contributed by atoms with van der Waals surface area (Å²) >= 11 is 0. The van der Waals surface area contributed by atoms with Gasteiger partial charge in [0.25, 0.3) is 0 Å². The first-order chi connectivity index (χ1) is 18.2. The van der Waals surface area contributed by atoms with Crippen molar-refractivity contribution >= 4 is 0 Å². The first kappa shape index (κ1) is 27.6. The van der Waals surface area contributed by atoms with Crippen molar-refractivity contribution in [3.63, 3.8) is 0 Å². The van der Waals surface area contributed by atoms with Gasteiger partial charge in [-0.05, 0) is 60.1 Å². The Kier molecular flexibility index (Phi) is 10.4. The van der Waals surface area contributed by atoms with Crippen molar-refractivity contribution in [2.75, 3.05) is 13.6 Å². The molecule has 0 saturated heterocycles. The van der Waals surface area contributed by atoms with E-state index in [0.29, 0.717) is 11.8 Å². The SMILES string of the molecule is CCCCCC(CC)C(OC(c1ccc2c(c1)OCO2)C(CC)CCCCC)c1ccc2c(c1)OCO2. The highest BCUT2D eigenvalue weighted by Crippen LogP contribution is 2.45. The van der Waals surface area contributed by atoms with Crippen molar-refractivity contribution in [1.29, 1.82) is 0 Å². The number of unbranched alkanes of at least 4 members (excludes halogenated alkanes) is 4. The molecule has 4 rings (SSSR count). The second-order valence-corrected chi connectivity index (χ2v) is 10.5. The minimum Gasteiger partial charge on any atom is -0.454 e. The summed E-state index contributed by atoms with van der Waals surface area (Å²) in [7, 11) is 0. The van der Waals surface area contributed by atoms with Gasteiger partial charge in [0.1, 0.15) is 0 Å². The van der Waals surface area contributed by atoms with Gasteiger partial charge in [-0.25, -0.2) is 0 Å². The zero-order valence-electron chi connectivity index (χ0n) is 23.3. The Balaban J connectivity index is 1.68. The van der Waals surface area contributed by atoms with Gasteiger partial charge in [-0.1, -0.05) is 91.2 Å². The summed E-state index contributed by atoms with van der Waals surface area (Å²) in [5.41, 5.74) is 2.36. The van der Waals surface area contributed by atoms with Gasteiger partial charge in [-0.2, -0.15) is 0 Å². The van der Waals surface area contributed by atoms with E-state index in [1.807, 2.05) is 12.1 Å². The van der Waals surface area contributed by atoms with Crippen LogP contribution in [0.4, 0.5) is 0 Å². The third kappa shape index (κ3) is 6.93. The highest BCUT2D eigenvalue weighted by atomic mass is 16.7. The van der Waals surface area contributed by atoms with Crippen molar-refractivity contribution < 1.29 is 23.7 Å². The second kappa shape index (κ2) is 13.9. The molecule has 0 N–H and O–H groups in total. The van der Waals surface area contributed by atoms with E-state index in [2.05, 4.69) is 52.0 Å². The fourth-order valence-electron chi connectivity index (χ4n) is 5.71. The fourth-order valence-corrected chi connectivity index (χ4v) is 5.71. The highest BCUT2D eigenvalue weighted by Gasteiger charge is 2.32. The molecule has 0 radical (unpaired) electrons. The largest absolute Gasteiger partial charge is 0.454 e. The minimum atomic E-state index is -0.0213. The Morgan fingerprint density at radius 3 is 1.43 bits per heavy atom. The summed E-state index contributed by atoms with van der Waals surface area (Å²) in [6, 6.07) is 12.7. The van der Waals surface area contributed by atoms with Crippen molar-refractivity contribution in [3.8, 4) is 23.0 Å². The van der Waals surface area contributed by atoms with E-state index in [-0.39, 0.29) is 25.8 Å². The molecule has 5 nitrogen and oxygen atoms in total. The van der Waals surface area contributed by atoms with Crippen molar-refractivity contribution in [1.82, 2.24) is 0 Å². The molecule has 2 aromatic rings. The molecule has 2 heterocycles. The maximum absolute atomic E-state index is 7.32. The summed E-state index contributed by atoms with van der Waals surface area (Å²) in [5.74, 6) is 4.14. The lowest BCUT2D eigenvalue weighted by molar-refractivity contribution is -0.0795. The second-order valence-electron chi connectivity index (χ2n) is 10.5. The van der Waals surface area contributed by atoms with Crippen molar-refractivity contribution in [2.45, 2.75) is 104 Å². The van der Waals surface area contributed by atoms with Gasteiger partial charge in [0.15, 0.2) is 23.0 Å². The Bertz CT molecular complexity index is 896. The average molecular weight is 511 g/mol. The molecule has 2 aromatic carbocycles. The van der Waals surface area contributed by atoms with Crippen LogP contribution in [0.5, 0.6) is 23.0 Å². The monoisotopic (exact) mass is 510 g/mol. The van der Waals surface area contributed by atoms with Crippen molar-refractivity contribution in [2.24, 2.45) is 11.8 Å². The van der Waals surface area contributed by atoms with Gasteiger partial charge >= 0.3 is 0 Å². The Morgan fingerprint density at radius 2 is 1.03 bits per heavy atom. The van der Waals surface area contributed by atoms with Crippen LogP contribution >= 0.6 is 0 Å². The van der Waals surface area contributed by atoms with Crippen molar-refractivity contribution in [3.05, 3.63) is 47.5 Å². The van der Waals surface area contributed by atoms with E-state index in [9.17, 15) is 0 Å². The van der Waals surface area contributed by atoms with Gasteiger partial charge in [0.2, 0.25) is 13.6 Å². The number of fused-ring (bicyclic) bond motifs is 2. The predicted octanol–water partition coefficient (Wildman–Crippen LogP) is 9.16. The van der Waals surface area contributed by atoms with E-state index >= 15 is 0 Å². The molecule has 0 spiro atoms. The van der Waals surface area contributed by atoms with Crippen LogP contribution in [0.2, 0.25) is 0 Å². The van der Waals surface area contributed by atoms with Gasteiger partial charge in [0.05, 0.1) is 12.2 Å². The topological polar surface area (TPSA) is 46.2 Å². The normalized spacial score (nSPS) is 17.0. The number of hydrogen-bond acceptors (Lipinski definition) is 5. The summed E-state index contributed by atoms with van der Waals surface area (Å²) < 4.78 is 30.1. The van der Waals surface area contributed by atoms with Crippen LogP contribution in [0.15, 0.2) is 36.4 Å². The quantitative estimate of drug-likeness (QED) is 0.211. The molecule has 0 bridgehead atoms. The number of ether oxygens (including phenoxy) is 5. The molecule has 5 heteroatoms. The molecule has 0 aliphatic carbocycles. The van der Waals surface area contributed by atoms with E-state index in [1.165, 1.54) is 49.7 Å². The van der Waals surface area contributed by atoms with Gasteiger partial charge in [-0.15, -0.1) is 0 Å². The minimum absolute atomic E-state index is 0.0213. The lowest BCUT2D eigenvalue weighted by atomic mass is 9.85. The van der Waals surface area contributed by atoms with Gasteiger partial charge in [0, 0.05) is 0 Å². The third-order valence-corrected chi connectivity index (χ3v) is 8.01. The standard InChI is InChI=1S/C32H46O5/c1-5-9-11-13-23(7-3)31(25-15-17-27-29(19-25)35-21-33-27)37-32(24(8-4)14-12-10-6-2)26-16-18-28-30(20-26)36-22-34-28/h15-20,23-24,31-32H,5-14,21-22H2,1-4H3. The van der Waals surface area contributed by atoms with Crippen LogP contribution in [0, 0.1) is 11.8 Å². The van der Waals surface area contributed by atoms with E-state index in [1.54, 1.807) is 0 Å². The molecule has 0 aromatic heterocycles. The summed E-state index contributed by atoms with van der Waals surface area (Å²) in [4.78, 5) is 0. The molecule has 2 aliphatic heterocycles. The molecule has 0 fully saturated rings. The number of benzene rings is 2. The smallest absolute Gasteiger partial charge is 0.231 e. The van der Waals surface area contributed by atoms with Crippen LogP contribution in [0.1, 0.15) is 115 Å². The molecule has 4 unspecified atom stereocenters. The molecule has 2 aliphatic rings. The van der Waals surface area contributed by atoms with Crippen LogP contribution in [0.3, 0.4) is 0 Å². The Labute approximate surface area is 223 Å². The summed E-state index contributed by atoms with van der Waals surface area (Å²) in [5, 5.41) is 0. The lowest BCUT2D eigenvalue weighted by Crippen LogP contribution is -2.23. The van der Waals surface area contributed by atoms with Crippen LogP contribution in [-0.2, 0) is 4.74 Å². The predicted molar refractivity (Wildman–Crippen MR) is 148 cm³/mol. The van der Waals surface area contributed by atoms with Crippen LogP contribution in [-0.4, -0.2) is 13.6 Å². The number of rotatable bonds is 16.